The SMILES string of the molecule is COC(=O)c1ccc(COc2ccccc2CN2CCN(Cc3ccc4[nH]c(C(c5ccccc5)c5ccccc5)nc4c3)CC2)cc1. The number of rotatable bonds is 11. The van der Waals surface area contributed by atoms with Crippen molar-refractivity contribution < 1.29 is 14.3 Å². The molecule has 7 rings (SSSR count). The Morgan fingerprint density at radius 2 is 1.33 bits per heavy atom. The van der Waals surface area contributed by atoms with Gasteiger partial charge in [0, 0.05) is 44.8 Å². The van der Waals surface area contributed by atoms with E-state index in [4.69, 9.17) is 14.5 Å². The molecule has 6 aromatic rings. The number of imidazole rings is 1. The summed E-state index contributed by atoms with van der Waals surface area (Å²) in [5, 5.41) is 0. The number of carbonyl (C=O) groups excluding carboxylic acids is 1. The number of nitrogens with zero attached hydrogens (tertiary/aromatic N) is 3. The molecule has 0 bridgehead atoms. The molecule has 0 amide bonds. The molecule has 5 aromatic carbocycles. The van der Waals surface area contributed by atoms with Gasteiger partial charge in [0.25, 0.3) is 0 Å². The fraction of sp³-hybridized carbons (Fsp3) is 0.220. The van der Waals surface area contributed by atoms with Crippen LogP contribution in [0.1, 0.15) is 49.9 Å². The third-order valence-electron chi connectivity index (χ3n) is 9.11. The van der Waals surface area contributed by atoms with Gasteiger partial charge in [-0.05, 0) is 52.6 Å². The fourth-order valence-corrected chi connectivity index (χ4v) is 6.50. The Bertz CT molecular complexity index is 1910. The maximum Gasteiger partial charge on any atom is 0.337 e. The summed E-state index contributed by atoms with van der Waals surface area (Å²) < 4.78 is 11.0. The van der Waals surface area contributed by atoms with Gasteiger partial charge in [-0.1, -0.05) is 97.1 Å². The number of aromatic amines is 1. The standard InChI is InChI=1S/C41H40N4O3/c1-47-41(46)34-19-16-30(17-20-34)29-48-38-15-9-8-14-35(38)28-45-24-22-44(23-25-45)27-31-18-21-36-37(26-31)43-40(42-36)39(32-10-4-2-5-11-32)33-12-6-3-7-13-33/h2-21,26,39H,22-25,27-29H2,1H3,(H,42,43). The molecular formula is C41H40N4O3. The van der Waals surface area contributed by atoms with E-state index >= 15 is 0 Å². The smallest absolute Gasteiger partial charge is 0.337 e. The number of H-pyrrole nitrogens is 1. The van der Waals surface area contributed by atoms with Crippen molar-refractivity contribution >= 4 is 17.0 Å². The Hall–Kier alpha value is -5.24. The first-order chi connectivity index (χ1) is 23.6. The zero-order valence-electron chi connectivity index (χ0n) is 27.2. The van der Waals surface area contributed by atoms with Crippen LogP contribution in [0.2, 0.25) is 0 Å². The normalized spacial score (nSPS) is 14.0. The molecule has 0 aliphatic carbocycles. The van der Waals surface area contributed by atoms with E-state index in [1.165, 1.54) is 29.4 Å². The molecule has 48 heavy (non-hydrogen) atoms. The van der Waals surface area contributed by atoms with E-state index in [2.05, 4.69) is 106 Å². The van der Waals surface area contributed by atoms with Crippen molar-refractivity contribution in [1.82, 2.24) is 19.8 Å². The predicted octanol–water partition coefficient (Wildman–Crippen LogP) is 7.43. The van der Waals surface area contributed by atoms with Crippen molar-refractivity contribution in [2.24, 2.45) is 0 Å². The first-order valence-electron chi connectivity index (χ1n) is 16.5. The maximum absolute atomic E-state index is 11.7. The fourth-order valence-electron chi connectivity index (χ4n) is 6.50. The number of carbonyl (C=O) groups is 1. The molecule has 7 nitrogen and oxygen atoms in total. The van der Waals surface area contributed by atoms with Crippen molar-refractivity contribution in [2.45, 2.75) is 25.6 Å². The molecule has 1 N–H and O–H groups in total. The second-order valence-electron chi connectivity index (χ2n) is 12.4. The van der Waals surface area contributed by atoms with Gasteiger partial charge in [0.1, 0.15) is 18.2 Å². The van der Waals surface area contributed by atoms with E-state index < -0.39 is 0 Å². The molecule has 0 saturated carbocycles. The van der Waals surface area contributed by atoms with Crippen LogP contribution in [-0.4, -0.2) is 59.0 Å². The molecule has 0 spiro atoms. The highest BCUT2D eigenvalue weighted by molar-refractivity contribution is 5.89. The van der Waals surface area contributed by atoms with Crippen LogP contribution in [0.4, 0.5) is 0 Å². The third-order valence-corrected chi connectivity index (χ3v) is 9.11. The van der Waals surface area contributed by atoms with Gasteiger partial charge in [-0.3, -0.25) is 9.80 Å². The summed E-state index contributed by atoms with van der Waals surface area (Å²) in [6.07, 6.45) is 0. The zero-order valence-corrected chi connectivity index (χ0v) is 27.2. The number of ether oxygens (including phenoxy) is 2. The highest BCUT2D eigenvalue weighted by Gasteiger charge is 2.22. The molecule has 1 fully saturated rings. The van der Waals surface area contributed by atoms with Crippen molar-refractivity contribution in [3.63, 3.8) is 0 Å². The number of hydrogen-bond acceptors (Lipinski definition) is 6. The number of esters is 1. The van der Waals surface area contributed by atoms with Crippen LogP contribution < -0.4 is 4.74 Å². The van der Waals surface area contributed by atoms with Crippen LogP contribution in [0.15, 0.2) is 127 Å². The van der Waals surface area contributed by atoms with Crippen LogP contribution in [0, 0.1) is 0 Å². The number of fused-ring (bicyclic) bond motifs is 1. The second-order valence-corrected chi connectivity index (χ2v) is 12.4. The predicted molar refractivity (Wildman–Crippen MR) is 189 cm³/mol. The number of nitrogens with one attached hydrogen (secondary N) is 1. The Morgan fingerprint density at radius 3 is 2.00 bits per heavy atom. The first kappa shape index (κ1) is 31.4. The van der Waals surface area contributed by atoms with Gasteiger partial charge in [-0.15, -0.1) is 0 Å². The first-order valence-corrected chi connectivity index (χ1v) is 16.5. The minimum atomic E-state index is -0.336. The van der Waals surface area contributed by atoms with Crippen molar-refractivity contribution in [3.05, 3.63) is 167 Å². The lowest BCUT2D eigenvalue weighted by Crippen LogP contribution is -2.45. The van der Waals surface area contributed by atoms with Crippen LogP contribution in [-0.2, 0) is 24.4 Å². The summed E-state index contributed by atoms with van der Waals surface area (Å²) in [5.41, 5.74) is 8.52. The maximum atomic E-state index is 11.7. The number of benzene rings is 5. The highest BCUT2D eigenvalue weighted by Crippen LogP contribution is 2.31. The van der Waals surface area contributed by atoms with Gasteiger partial charge >= 0.3 is 5.97 Å². The van der Waals surface area contributed by atoms with E-state index in [0.29, 0.717) is 12.2 Å². The van der Waals surface area contributed by atoms with Crippen molar-refractivity contribution in [2.75, 3.05) is 33.3 Å². The van der Waals surface area contributed by atoms with E-state index in [-0.39, 0.29) is 11.9 Å². The molecule has 0 unspecified atom stereocenters. The average Bonchev–Trinajstić information content (AvgIpc) is 3.56. The van der Waals surface area contributed by atoms with Gasteiger partial charge in [-0.2, -0.15) is 0 Å². The van der Waals surface area contributed by atoms with Crippen molar-refractivity contribution in [3.8, 4) is 5.75 Å². The molecule has 0 atom stereocenters. The zero-order chi connectivity index (χ0) is 32.7. The van der Waals surface area contributed by atoms with E-state index in [1.807, 2.05) is 24.3 Å². The van der Waals surface area contributed by atoms with Gasteiger partial charge < -0.3 is 14.5 Å². The molecule has 1 saturated heterocycles. The third kappa shape index (κ3) is 7.33. The van der Waals surface area contributed by atoms with E-state index in [9.17, 15) is 4.79 Å². The Morgan fingerprint density at radius 1 is 0.729 bits per heavy atom. The van der Waals surface area contributed by atoms with Gasteiger partial charge in [-0.25, -0.2) is 9.78 Å². The lowest BCUT2D eigenvalue weighted by Gasteiger charge is -2.35. The number of methoxy groups -OCH3 is 1. The topological polar surface area (TPSA) is 70.7 Å². The summed E-state index contributed by atoms with van der Waals surface area (Å²) in [5.74, 6) is 1.57. The summed E-state index contributed by atoms with van der Waals surface area (Å²) in [6, 6.07) is 43.5. The van der Waals surface area contributed by atoms with Gasteiger partial charge in [0.15, 0.2) is 0 Å². The molecule has 7 heteroatoms. The van der Waals surface area contributed by atoms with Crippen LogP contribution in [0.25, 0.3) is 11.0 Å². The number of hydrogen-bond donors (Lipinski definition) is 1. The molecule has 1 aromatic heterocycles. The minimum Gasteiger partial charge on any atom is -0.489 e. The summed E-state index contributed by atoms with van der Waals surface area (Å²) in [4.78, 5) is 25.5. The lowest BCUT2D eigenvalue weighted by molar-refractivity contribution is 0.0600. The van der Waals surface area contributed by atoms with E-state index in [0.717, 1.165) is 67.4 Å². The second kappa shape index (κ2) is 14.7. The quantitative estimate of drug-likeness (QED) is 0.149. The summed E-state index contributed by atoms with van der Waals surface area (Å²) in [6.45, 7) is 6.18. The molecule has 2 heterocycles. The number of para-hydroxylation sites is 1. The van der Waals surface area contributed by atoms with E-state index in [1.54, 1.807) is 12.1 Å². The molecule has 0 radical (unpaired) electrons. The number of aromatic nitrogens is 2. The molecule has 1 aliphatic rings. The molecule has 242 valence electrons. The van der Waals surface area contributed by atoms with Gasteiger partial charge in [0.2, 0.25) is 0 Å². The molecular weight excluding hydrogens is 596 g/mol. The summed E-state index contributed by atoms with van der Waals surface area (Å²) in [7, 11) is 1.39. The largest absolute Gasteiger partial charge is 0.489 e. The van der Waals surface area contributed by atoms with Crippen LogP contribution in [0.3, 0.4) is 0 Å². The minimum absolute atomic E-state index is 0.0476. The van der Waals surface area contributed by atoms with Crippen molar-refractivity contribution in [1.29, 1.82) is 0 Å². The van der Waals surface area contributed by atoms with Crippen LogP contribution >= 0.6 is 0 Å². The Balaban J connectivity index is 0.962. The Labute approximate surface area is 281 Å². The Kier molecular flexibility index (Phi) is 9.59. The van der Waals surface area contributed by atoms with Crippen LogP contribution in [0.5, 0.6) is 5.75 Å². The average molecular weight is 637 g/mol. The monoisotopic (exact) mass is 636 g/mol. The lowest BCUT2D eigenvalue weighted by atomic mass is 9.91. The number of piperazine rings is 1. The highest BCUT2D eigenvalue weighted by atomic mass is 16.5. The van der Waals surface area contributed by atoms with Gasteiger partial charge in [0.05, 0.1) is 29.6 Å². The molecule has 1 aliphatic heterocycles. The summed E-state index contributed by atoms with van der Waals surface area (Å²) >= 11 is 0.